The maximum atomic E-state index is 12.6. The molecule has 1 aromatic carbocycles. The van der Waals surface area contributed by atoms with Crippen LogP contribution in [0.25, 0.3) is 10.2 Å². The van der Waals surface area contributed by atoms with Crippen LogP contribution in [0.15, 0.2) is 33.9 Å². The van der Waals surface area contributed by atoms with Crippen LogP contribution >= 0.6 is 27.3 Å². The molecule has 0 amide bonds. The maximum absolute atomic E-state index is 12.6. The van der Waals surface area contributed by atoms with Gasteiger partial charge in [0.05, 0.1) is 11.9 Å². The zero-order valence-electron chi connectivity index (χ0n) is 15.2. The fourth-order valence-electron chi connectivity index (χ4n) is 2.67. The minimum atomic E-state index is -0.273. The number of hydrogen-bond donors (Lipinski definition) is 0. The first-order valence-corrected chi connectivity index (χ1v) is 10.2. The van der Waals surface area contributed by atoms with E-state index in [1.165, 1.54) is 21.5 Å². The average Bonchev–Trinajstić information content (AvgIpc) is 2.96. The van der Waals surface area contributed by atoms with Gasteiger partial charge in [-0.1, -0.05) is 59.6 Å². The van der Waals surface area contributed by atoms with Gasteiger partial charge in [-0.2, -0.15) is 0 Å². The summed E-state index contributed by atoms with van der Waals surface area (Å²) >= 11 is 4.97. The third kappa shape index (κ3) is 3.65. The molecule has 3 aromatic rings. The number of nitrogens with zero attached hydrogens (tertiary/aromatic N) is 2. The molecule has 0 aliphatic heterocycles. The SMILES string of the molecule is CC.Cc1ccc(Cn2c(=O)n(C)c(=O)c3c(CBr)c(C)sc32)cc1. The van der Waals surface area contributed by atoms with Crippen LogP contribution in [0.1, 0.15) is 35.4 Å². The summed E-state index contributed by atoms with van der Waals surface area (Å²) in [5.41, 5.74) is 2.71. The van der Waals surface area contributed by atoms with Crippen LogP contribution in [-0.2, 0) is 18.9 Å². The van der Waals surface area contributed by atoms with Crippen molar-refractivity contribution in [3.8, 4) is 0 Å². The molecule has 4 nitrogen and oxygen atoms in total. The van der Waals surface area contributed by atoms with E-state index in [-0.39, 0.29) is 11.2 Å². The molecule has 134 valence electrons. The minimum absolute atomic E-state index is 0.219. The molecule has 0 fully saturated rings. The maximum Gasteiger partial charge on any atom is 0.332 e. The van der Waals surface area contributed by atoms with Crippen molar-refractivity contribution in [3.05, 3.63) is 66.7 Å². The molecule has 0 saturated carbocycles. The standard InChI is InChI=1S/C17H17BrN2O2S.C2H6/c1-10-4-6-12(7-5-10)9-20-16-14(13(8-18)11(2)23-16)15(21)19(3)17(20)22;1-2/h4-7H,8-9H2,1-3H3;1-2H3. The minimum Gasteiger partial charge on any atom is -0.280 e. The quantitative estimate of drug-likeness (QED) is 0.588. The zero-order chi connectivity index (χ0) is 18.7. The monoisotopic (exact) mass is 422 g/mol. The van der Waals surface area contributed by atoms with E-state index >= 15 is 0 Å². The molecule has 0 N–H and O–H groups in total. The number of aromatic nitrogens is 2. The lowest BCUT2D eigenvalue weighted by Crippen LogP contribution is -2.38. The fraction of sp³-hybridized carbons (Fsp3) is 0.368. The molecule has 0 saturated heterocycles. The van der Waals surface area contributed by atoms with E-state index < -0.39 is 0 Å². The topological polar surface area (TPSA) is 44.0 Å². The van der Waals surface area contributed by atoms with Gasteiger partial charge in [-0.25, -0.2) is 4.79 Å². The Bertz CT molecular complexity index is 997. The molecule has 0 spiro atoms. The highest BCUT2D eigenvalue weighted by molar-refractivity contribution is 9.08. The van der Waals surface area contributed by atoms with Crippen molar-refractivity contribution in [1.82, 2.24) is 9.13 Å². The molecule has 0 unspecified atom stereocenters. The van der Waals surface area contributed by atoms with Crippen molar-refractivity contribution >= 4 is 37.5 Å². The highest BCUT2D eigenvalue weighted by Gasteiger charge is 2.18. The Balaban J connectivity index is 0.00000109. The summed E-state index contributed by atoms with van der Waals surface area (Å²) < 4.78 is 2.90. The summed E-state index contributed by atoms with van der Waals surface area (Å²) in [5.74, 6) is 0. The van der Waals surface area contributed by atoms with Gasteiger partial charge in [0.25, 0.3) is 5.56 Å². The van der Waals surface area contributed by atoms with E-state index in [4.69, 9.17) is 0 Å². The summed E-state index contributed by atoms with van der Waals surface area (Å²) in [6.45, 7) is 8.48. The Hall–Kier alpha value is -1.66. The van der Waals surface area contributed by atoms with Gasteiger partial charge >= 0.3 is 5.69 Å². The van der Waals surface area contributed by atoms with Crippen LogP contribution in [0.5, 0.6) is 0 Å². The van der Waals surface area contributed by atoms with Gasteiger partial charge in [0.15, 0.2) is 0 Å². The lowest BCUT2D eigenvalue weighted by molar-refractivity contribution is 0.677. The molecule has 0 aliphatic carbocycles. The van der Waals surface area contributed by atoms with Gasteiger partial charge < -0.3 is 0 Å². The molecule has 0 radical (unpaired) electrons. The largest absolute Gasteiger partial charge is 0.332 e. The van der Waals surface area contributed by atoms with Crippen LogP contribution in [-0.4, -0.2) is 9.13 Å². The Morgan fingerprint density at radius 3 is 2.24 bits per heavy atom. The zero-order valence-corrected chi connectivity index (χ0v) is 17.6. The van der Waals surface area contributed by atoms with Crippen LogP contribution in [0, 0.1) is 13.8 Å². The summed E-state index contributed by atoms with van der Waals surface area (Å²) in [7, 11) is 1.54. The van der Waals surface area contributed by atoms with E-state index in [1.807, 2.05) is 52.0 Å². The number of hydrogen-bond acceptors (Lipinski definition) is 3. The Morgan fingerprint density at radius 1 is 1.08 bits per heavy atom. The molecular weight excluding hydrogens is 400 g/mol. The van der Waals surface area contributed by atoms with Crippen LogP contribution < -0.4 is 11.2 Å². The smallest absolute Gasteiger partial charge is 0.280 e. The second-order valence-electron chi connectivity index (χ2n) is 5.67. The number of fused-ring (bicyclic) bond motifs is 1. The Labute approximate surface area is 159 Å². The summed E-state index contributed by atoms with van der Waals surface area (Å²) in [5, 5.41) is 1.26. The van der Waals surface area contributed by atoms with Gasteiger partial charge in [0.1, 0.15) is 4.83 Å². The van der Waals surface area contributed by atoms with Crippen molar-refractivity contribution < 1.29 is 0 Å². The first kappa shape index (κ1) is 19.7. The second-order valence-corrected chi connectivity index (χ2v) is 7.43. The number of rotatable bonds is 3. The third-order valence-corrected chi connectivity index (χ3v) is 5.80. The van der Waals surface area contributed by atoms with Crippen molar-refractivity contribution in [1.29, 1.82) is 0 Å². The first-order chi connectivity index (χ1) is 11.9. The number of alkyl halides is 1. The van der Waals surface area contributed by atoms with Gasteiger partial charge in [-0.3, -0.25) is 13.9 Å². The predicted octanol–water partition coefficient (Wildman–Crippen LogP) is 4.35. The number of aryl methyl sites for hydroxylation is 2. The van der Waals surface area contributed by atoms with Crippen LogP contribution in [0.4, 0.5) is 0 Å². The highest BCUT2D eigenvalue weighted by Crippen LogP contribution is 2.29. The summed E-state index contributed by atoms with van der Waals surface area (Å²) in [6, 6.07) is 8.10. The first-order valence-electron chi connectivity index (χ1n) is 8.27. The van der Waals surface area contributed by atoms with Crippen molar-refractivity contribution in [2.24, 2.45) is 7.05 Å². The van der Waals surface area contributed by atoms with Crippen molar-refractivity contribution in [2.75, 3.05) is 0 Å². The molecule has 2 aromatic heterocycles. The van der Waals surface area contributed by atoms with E-state index in [2.05, 4.69) is 15.9 Å². The Kier molecular flexibility index (Phi) is 6.41. The fourth-order valence-corrected chi connectivity index (χ4v) is 4.71. The molecule has 0 bridgehead atoms. The van der Waals surface area contributed by atoms with Crippen LogP contribution in [0.2, 0.25) is 0 Å². The van der Waals surface area contributed by atoms with Gasteiger partial charge in [-0.15, -0.1) is 11.3 Å². The Morgan fingerprint density at radius 2 is 1.68 bits per heavy atom. The molecule has 0 aliphatic rings. The van der Waals surface area contributed by atoms with Crippen molar-refractivity contribution in [2.45, 2.75) is 39.6 Å². The predicted molar refractivity (Wildman–Crippen MR) is 110 cm³/mol. The molecule has 25 heavy (non-hydrogen) atoms. The van der Waals surface area contributed by atoms with E-state index in [1.54, 1.807) is 11.6 Å². The van der Waals surface area contributed by atoms with Gasteiger partial charge in [0.2, 0.25) is 0 Å². The summed E-state index contributed by atoms with van der Waals surface area (Å²) in [4.78, 5) is 27.0. The molecular formula is C19H23BrN2O2S. The molecule has 2 heterocycles. The number of benzene rings is 1. The normalized spacial score (nSPS) is 10.6. The molecule has 6 heteroatoms. The highest BCUT2D eigenvalue weighted by atomic mass is 79.9. The van der Waals surface area contributed by atoms with Gasteiger partial charge in [-0.05, 0) is 25.0 Å². The van der Waals surface area contributed by atoms with Gasteiger partial charge in [0, 0.05) is 17.3 Å². The molecule has 3 rings (SSSR count). The summed E-state index contributed by atoms with van der Waals surface area (Å²) in [6.07, 6.45) is 0. The molecule has 0 atom stereocenters. The second kappa shape index (κ2) is 8.15. The third-order valence-electron chi connectivity index (χ3n) is 4.07. The van der Waals surface area contributed by atoms with E-state index in [0.29, 0.717) is 17.3 Å². The lowest BCUT2D eigenvalue weighted by Gasteiger charge is -2.10. The van der Waals surface area contributed by atoms with Crippen LogP contribution in [0.3, 0.4) is 0 Å². The number of thiophene rings is 1. The van der Waals surface area contributed by atoms with E-state index in [0.717, 1.165) is 20.8 Å². The average molecular weight is 423 g/mol. The lowest BCUT2D eigenvalue weighted by atomic mass is 10.1. The van der Waals surface area contributed by atoms with E-state index in [9.17, 15) is 9.59 Å². The number of halogens is 1. The van der Waals surface area contributed by atoms with Crippen molar-refractivity contribution in [3.63, 3.8) is 0 Å².